The highest BCUT2D eigenvalue weighted by Gasteiger charge is 2.17. The van der Waals surface area contributed by atoms with Crippen molar-refractivity contribution in [1.82, 2.24) is 4.90 Å². The molecule has 0 aromatic heterocycles. The van der Waals surface area contributed by atoms with Crippen LogP contribution in [0.5, 0.6) is 0 Å². The third-order valence-corrected chi connectivity index (χ3v) is 2.59. The first-order chi connectivity index (χ1) is 8.49. The van der Waals surface area contributed by atoms with E-state index in [4.69, 9.17) is 5.73 Å². The third kappa shape index (κ3) is 3.27. The minimum absolute atomic E-state index is 0.0675. The molecule has 18 heavy (non-hydrogen) atoms. The number of nitrogens with two attached hydrogens (primary N) is 1. The van der Waals surface area contributed by atoms with Crippen LogP contribution in [0.15, 0.2) is 18.2 Å². The molecular weight excluding hydrogens is 234 g/mol. The number of amides is 1. The fraction of sp³-hybridized carbons (Fsp3) is 0.417. The van der Waals surface area contributed by atoms with Crippen LogP contribution in [0, 0.1) is 17.0 Å². The molecule has 0 bridgehead atoms. The fourth-order valence-electron chi connectivity index (χ4n) is 1.73. The lowest BCUT2D eigenvalue weighted by atomic mass is 10.1. The largest absolute Gasteiger partial charge is 0.338 e. The highest BCUT2D eigenvalue weighted by Crippen LogP contribution is 2.18. The zero-order valence-electron chi connectivity index (χ0n) is 10.5. The first kappa shape index (κ1) is 14.1. The Hall–Kier alpha value is -1.95. The molecule has 0 aliphatic rings. The monoisotopic (exact) mass is 251 g/mol. The SMILES string of the molecule is CCN(CCN)C(=O)c1cc(C)cc([N+](=O)[O-])c1. The molecule has 1 aromatic rings. The van der Waals surface area contributed by atoms with Crippen molar-refractivity contribution in [2.75, 3.05) is 19.6 Å². The highest BCUT2D eigenvalue weighted by molar-refractivity contribution is 5.95. The number of nitro groups is 1. The summed E-state index contributed by atoms with van der Waals surface area (Å²) in [6.45, 7) is 4.91. The Morgan fingerprint density at radius 1 is 1.44 bits per heavy atom. The number of non-ortho nitro benzene ring substituents is 1. The van der Waals surface area contributed by atoms with E-state index in [9.17, 15) is 14.9 Å². The van der Waals surface area contributed by atoms with Gasteiger partial charge in [0.1, 0.15) is 0 Å². The summed E-state index contributed by atoms with van der Waals surface area (Å²) in [5.74, 6) is -0.227. The number of likely N-dealkylation sites (N-methyl/N-ethyl adjacent to an activating group) is 1. The minimum Gasteiger partial charge on any atom is -0.338 e. The topological polar surface area (TPSA) is 89.5 Å². The number of rotatable bonds is 5. The molecule has 0 aliphatic heterocycles. The van der Waals surface area contributed by atoms with Crippen LogP contribution < -0.4 is 5.73 Å². The minimum atomic E-state index is -0.497. The van der Waals surface area contributed by atoms with E-state index in [1.54, 1.807) is 17.9 Å². The van der Waals surface area contributed by atoms with Crippen LogP contribution in [0.1, 0.15) is 22.8 Å². The van der Waals surface area contributed by atoms with Crippen LogP contribution in [0.25, 0.3) is 0 Å². The Morgan fingerprint density at radius 3 is 2.61 bits per heavy atom. The lowest BCUT2D eigenvalue weighted by Gasteiger charge is -2.20. The van der Waals surface area contributed by atoms with Crippen LogP contribution in [-0.2, 0) is 0 Å². The molecule has 1 amide bonds. The van der Waals surface area contributed by atoms with E-state index < -0.39 is 4.92 Å². The molecule has 6 heteroatoms. The molecule has 2 N–H and O–H groups in total. The number of nitrogens with zero attached hydrogens (tertiary/aromatic N) is 2. The van der Waals surface area contributed by atoms with Crippen LogP contribution in [0.4, 0.5) is 5.69 Å². The quantitative estimate of drug-likeness (QED) is 0.631. The second-order valence-electron chi connectivity index (χ2n) is 3.99. The average molecular weight is 251 g/mol. The molecule has 98 valence electrons. The molecule has 0 heterocycles. The van der Waals surface area contributed by atoms with Crippen LogP contribution in [0.3, 0.4) is 0 Å². The Bertz CT molecular complexity index is 460. The zero-order chi connectivity index (χ0) is 13.7. The van der Waals surface area contributed by atoms with Gasteiger partial charge in [0, 0.05) is 37.3 Å². The summed E-state index contributed by atoms with van der Waals surface area (Å²) < 4.78 is 0. The molecule has 0 spiro atoms. The van der Waals surface area contributed by atoms with E-state index in [0.717, 1.165) is 0 Å². The van der Waals surface area contributed by atoms with Crippen molar-refractivity contribution in [1.29, 1.82) is 0 Å². The molecule has 0 aliphatic carbocycles. The maximum absolute atomic E-state index is 12.1. The predicted octanol–water partition coefficient (Wildman–Crippen LogP) is 1.32. The molecule has 0 unspecified atom stereocenters. The Kier molecular flexibility index (Phi) is 4.79. The lowest BCUT2D eigenvalue weighted by molar-refractivity contribution is -0.384. The van der Waals surface area contributed by atoms with Gasteiger partial charge in [-0.1, -0.05) is 0 Å². The number of carbonyl (C=O) groups is 1. The number of aryl methyl sites for hydroxylation is 1. The van der Waals surface area contributed by atoms with Gasteiger partial charge in [0.2, 0.25) is 0 Å². The number of nitro benzene ring substituents is 1. The molecule has 0 atom stereocenters. The summed E-state index contributed by atoms with van der Waals surface area (Å²) in [4.78, 5) is 24.0. The smallest absolute Gasteiger partial charge is 0.270 e. The number of hydrogen-bond acceptors (Lipinski definition) is 4. The van der Waals surface area contributed by atoms with Crippen molar-refractivity contribution in [3.05, 3.63) is 39.4 Å². The maximum Gasteiger partial charge on any atom is 0.270 e. The lowest BCUT2D eigenvalue weighted by Crippen LogP contribution is -2.35. The van der Waals surface area contributed by atoms with Crippen molar-refractivity contribution in [3.63, 3.8) is 0 Å². The van der Waals surface area contributed by atoms with Gasteiger partial charge in [-0.3, -0.25) is 14.9 Å². The Balaban J connectivity index is 3.08. The van der Waals surface area contributed by atoms with Gasteiger partial charge in [-0.05, 0) is 25.5 Å². The molecule has 0 fully saturated rings. The Morgan fingerprint density at radius 2 is 2.11 bits per heavy atom. The highest BCUT2D eigenvalue weighted by atomic mass is 16.6. The van der Waals surface area contributed by atoms with E-state index in [0.29, 0.717) is 30.8 Å². The molecule has 6 nitrogen and oxygen atoms in total. The molecule has 0 saturated heterocycles. The van der Waals surface area contributed by atoms with Crippen LogP contribution in [0.2, 0.25) is 0 Å². The molecule has 0 radical (unpaired) electrons. The summed E-state index contributed by atoms with van der Waals surface area (Å²) >= 11 is 0. The number of hydrogen-bond donors (Lipinski definition) is 1. The zero-order valence-corrected chi connectivity index (χ0v) is 10.5. The summed E-state index contributed by atoms with van der Waals surface area (Å²) in [6.07, 6.45) is 0. The van der Waals surface area contributed by atoms with Gasteiger partial charge in [-0.15, -0.1) is 0 Å². The second-order valence-corrected chi connectivity index (χ2v) is 3.99. The normalized spacial score (nSPS) is 10.2. The second kappa shape index (κ2) is 6.11. The molecule has 1 rings (SSSR count). The van der Waals surface area contributed by atoms with Crippen molar-refractivity contribution in [2.45, 2.75) is 13.8 Å². The number of benzene rings is 1. The number of carbonyl (C=O) groups excluding carboxylic acids is 1. The van der Waals surface area contributed by atoms with E-state index >= 15 is 0 Å². The van der Waals surface area contributed by atoms with E-state index in [2.05, 4.69) is 0 Å². The van der Waals surface area contributed by atoms with Crippen molar-refractivity contribution in [2.24, 2.45) is 5.73 Å². The molecular formula is C12H17N3O3. The third-order valence-electron chi connectivity index (χ3n) is 2.59. The van der Waals surface area contributed by atoms with Crippen LogP contribution >= 0.6 is 0 Å². The van der Waals surface area contributed by atoms with E-state index in [1.165, 1.54) is 12.1 Å². The predicted molar refractivity (Wildman–Crippen MR) is 68.5 cm³/mol. The summed E-state index contributed by atoms with van der Waals surface area (Å²) in [5, 5.41) is 10.8. The Labute approximate surface area is 106 Å². The van der Waals surface area contributed by atoms with Crippen molar-refractivity contribution in [3.8, 4) is 0 Å². The van der Waals surface area contributed by atoms with Crippen LogP contribution in [-0.4, -0.2) is 35.4 Å². The molecule has 1 aromatic carbocycles. The van der Waals surface area contributed by atoms with Gasteiger partial charge in [0.05, 0.1) is 4.92 Å². The van der Waals surface area contributed by atoms with Gasteiger partial charge >= 0.3 is 0 Å². The van der Waals surface area contributed by atoms with Crippen molar-refractivity contribution >= 4 is 11.6 Å². The molecule has 0 saturated carbocycles. The van der Waals surface area contributed by atoms with Gasteiger partial charge in [-0.2, -0.15) is 0 Å². The average Bonchev–Trinajstić information content (AvgIpc) is 2.34. The first-order valence-corrected chi connectivity index (χ1v) is 5.75. The summed E-state index contributed by atoms with van der Waals surface area (Å²) in [7, 11) is 0. The summed E-state index contributed by atoms with van der Waals surface area (Å²) in [5.41, 5.74) is 6.38. The van der Waals surface area contributed by atoms with E-state index in [1.807, 2.05) is 6.92 Å². The van der Waals surface area contributed by atoms with E-state index in [-0.39, 0.29) is 11.6 Å². The van der Waals surface area contributed by atoms with Gasteiger partial charge in [0.25, 0.3) is 11.6 Å². The first-order valence-electron chi connectivity index (χ1n) is 5.75. The van der Waals surface area contributed by atoms with Gasteiger partial charge in [-0.25, -0.2) is 0 Å². The summed E-state index contributed by atoms with van der Waals surface area (Å²) in [6, 6.07) is 4.39. The fourth-order valence-corrected chi connectivity index (χ4v) is 1.73. The van der Waals surface area contributed by atoms with Gasteiger partial charge < -0.3 is 10.6 Å². The van der Waals surface area contributed by atoms with Gasteiger partial charge in [0.15, 0.2) is 0 Å². The van der Waals surface area contributed by atoms with Crippen molar-refractivity contribution < 1.29 is 9.72 Å². The maximum atomic E-state index is 12.1. The standard InChI is InChI=1S/C12H17N3O3/c1-3-14(5-4-13)12(16)10-6-9(2)7-11(8-10)15(17)18/h6-8H,3-5,13H2,1-2H3.